The first-order valence-electron chi connectivity index (χ1n) is 7.70. The van der Waals surface area contributed by atoms with Gasteiger partial charge >= 0.3 is 0 Å². The van der Waals surface area contributed by atoms with Crippen LogP contribution < -0.4 is 5.32 Å². The number of carbonyl (C=O) groups excluding carboxylic acids is 1. The highest BCUT2D eigenvalue weighted by Gasteiger charge is 2.25. The maximum atomic E-state index is 12.3. The number of hydrogen-bond donors (Lipinski definition) is 1. The summed E-state index contributed by atoms with van der Waals surface area (Å²) in [5.74, 6) is 0.482. The van der Waals surface area contributed by atoms with Crippen molar-refractivity contribution in [3.8, 4) is 0 Å². The first kappa shape index (κ1) is 17.0. The van der Waals surface area contributed by atoms with Crippen LogP contribution in [0.3, 0.4) is 0 Å². The van der Waals surface area contributed by atoms with Crippen LogP contribution in [0.25, 0.3) is 0 Å². The highest BCUT2D eigenvalue weighted by atomic mass is 32.2. The Bertz CT molecular complexity index is 593. The molecule has 5 nitrogen and oxygen atoms in total. The Morgan fingerprint density at radius 3 is 2.36 bits per heavy atom. The summed E-state index contributed by atoms with van der Waals surface area (Å²) in [6.45, 7) is 2.07. The lowest BCUT2D eigenvalue weighted by molar-refractivity contribution is -0.122. The van der Waals surface area contributed by atoms with Crippen molar-refractivity contribution in [2.75, 3.05) is 13.6 Å². The van der Waals surface area contributed by atoms with Gasteiger partial charge in [-0.25, -0.2) is 8.42 Å². The van der Waals surface area contributed by atoms with Crippen LogP contribution in [0.5, 0.6) is 0 Å². The second kappa shape index (κ2) is 7.24. The molecule has 1 N–H and O–H groups in total. The summed E-state index contributed by atoms with van der Waals surface area (Å²) in [5, 5.41) is 2.95. The Kier molecular flexibility index (Phi) is 5.58. The van der Waals surface area contributed by atoms with Crippen molar-refractivity contribution in [3.05, 3.63) is 30.3 Å². The molecule has 1 aliphatic rings. The number of rotatable bonds is 5. The molecule has 0 aromatic heterocycles. The number of nitrogens with one attached hydrogen (secondary N) is 1. The van der Waals surface area contributed by atoms with Crippen LogP contribution in [-0.4, -0.2) is 38.3 Å². The van der Waals surface area contributed by atoms with Gasteiger partial charge in [-0.3, -0.25) is 4.79 Å². The smallest absolute Gasteiger partial charge is 0.243 e. The number of likely N-dealkylation sites (N-methyl/N-ethyl adjacent to an activating group) is 1. The molecule has 0 bridgehead atoms. The Labute approximate surface area is 132 Å². The molecule has 0 heterocycles. The van der Waals surface area contributed by atoms with E-state index >= 15 is 0 Å². The fraction of sp³-hybridized carbons (Fsp3) is 0.562. The zero-order valence-corrected chi connectivity index (χ0v) is 14.0. The second-order valence-electron chi connectivity index (χ2n) is 6.10. The van der Waals surface area contributed by atoms with E-state index < -0.39 is 10.0 Å². The third-order valence-corrected chi connectivity index (χ3v) is 6.02. The molecule has 122 valence electrons. The summed E-state index contributed by atoms with van der Waals surface area (Å²) in [7, 11) is -2.18. The van der Waals surface area contributed by atoms with Gasteiger partial charge in [0.2, 0.25) is 15.9 Å². The highest BCUT2D eigenvalue weighted by Crippen LogP contribution is 2.23. The first-order valence-corrected chi connectivity index (χ1v) is 9.14. The molecule has 1 amide bonds. The van der Waals surface area contributed by atoms with Crippen LogP contribution in [0.4, 0.5) is 0 Å². The Balaban J connectivity index is 1.91. The topological polar surface area (TPSA) is 66.5 Å². The molecule has 0 radical (unpaired) electrons. The molecule has 1 aromatic rings. The van der Waals surface area contributed by atoms with Gasteiger partial charge < -0.3 is 5.32 Å². The number of amides is 1. The van der Waals surface area contributed by atoms with Crippen LogP contribution in [0.15, 0.2) is 35.2 Å². The largest absolute Gasteiger partial charge is 0.352 e. The van der Waals surface area contributed by atoms with Gasteiger partial charge in [0.05, 0.1) is 11.4 Å². The van der Waals surface area contributed by atoms with Crippen molar-refractivity contribution in [2.45, 2.75) is 43.5 Å². The van der Waals surface area contributed by atoms with Crippen LogP contribution in [0.1, 0.15) is 32.6 Å². The van der Waals surface area contributed by atoms with E-state index in [0.29, 0.717) is 5.92 Å². The van der Waals surface area contributed by atoms with Crippen molar-refractivity contribution < 1.29 is 13.2 Å². The molecule has 22 heavy (non-hydrogen) atoms. The summed E-state index contributed by atoms with van der Waals surface area (Å²) >= 11 is 0. The lowest BCUT2D eigenvalue weighted by atomic mass is 9.87. The van der Waals surface area contributed by atoms with Gasteiger partial charge in [0, 0.05) is 13.1 Å². The first-order chi connectivity index (χ1) is 10.4. The molecule has 1 fully saturated rings. The highest BCUT2D eigenvalue weighted by molar-refractivity contribution is 7.89. The van der Waals surface area contributed by atoms with Crippen molar-refractivity contribution >= 4 is 15.9 Å². The normalized spacial score (nSPS) is 22.5. The van der Waals surface area contributed by atoms with Crippen LogP contribution in [0.2, 0.25) is 0 Å². The number of hydrogen-bond acceptors (Lipinski definition) is 3. The lowest BCUT2D eigenvalue weighted by Gasteiger charge is -2.27. The predicted molar refractivity (Wildman–Crippen MR) is 85.8 cm³/mol. The van der Waals surface area contributed by atoms with E-state index in [4.69, 9.17) is 0 Å². The molecule has 1 aliphatic carbocycles. The lowest BCUT2D eigenvalue weighted by Crippen LogP contribution is -2.43. The van der Waals surface area contributed by atoms with Crippen LogP contribution >= 0.6 is 0 Å². The summed E-state index contributed by atoms with van der Waals surface area (Å²) < 4.78 is 25.8. The van der Waals surface area contributed by atoms with Crippen molar-refractivity contribution in [1.82, 2.24) is 9.62 Å². The second-order valence-corrected chi connectivity index (χ2v) is 8.14. The Morgan fingerprint density at radius 1 is 1.18 bits per heavy atom. The van der Waals surface area contributed by atoms with E-state index in [2.05, 4.69) is 12.2 Å². The number of nitrogens with zero attached hydrogens (tertiary/aromatic N) is 1. The van der Waals surface area contributed by atoms with Gasteiger partial charge in [-0.2, -0.15) is 4.31 Å². The van der Waals surface area contributed by atoms with Gasteiger partial charge in [0.1, 0.15) is 0 Å². The Morgan fingerprint density at radius 2 is 1.77 bits per heavy atom. The molecule has 0 saturated heterocycles. The molecule has 0 atom stereocenters. The van der Waals surface area contributed by atoms with Crippen molar-refractivity contribution in [3.63, 3.8) is 0 Å². The SMILES string of the molecule is CC1CCC(NC(=O)CN(C)S(=O)(=O)c2ccccc2)CC1. The summed E-state index contributed by atoms with van der Waals surface area (Å²) in [5.41, 5.74) is 0. The van der Waals surface area contributed by atoms with Gasteiger partial charge in [0.15, 0.2) is 0 Å². The molecule has 0 unspecified atom stereocenters. The number of carbonyl (C=O) groups is 1. The molecule has 6 heteroatoms. The minimum absolute atomic E-state index is 0.150. The molecule has 1 aromatic carbocycles. The average molecular weight is 324 g/mol. The van der Waals surface area contributed by atoms with Gasteiger partial charge in [-0.1, -0.05) is 25.1 Å². The van der Waals surface area contributed by atoms with Gasteiger partial charge in [-0.05, 0) is 43.7 Å². The average Bonchev–Trinajstić information content (AvgIpc) is 2.50. The molecule has 0 spiro atoms. The van der Waals surface area contributed by atoms with Crippen molar-refractivity contribution in [2.24, 2.45) is 5.92 Å². The summed E-state index contributed by atoms with van der Waals surface area (Å²) in [4.78, 5) is 12.3. The zero-order chi connectivity index (χ0) is 16.2. The molecule has 0 aliphatic heterocycles. The zero-order valence-electron chi connectivity index (χ0n) is 13.2. The molecular formula is C16H24N2O3S. The van der Waals surface area contributed by atoms with E-state index in [1.54, 1.807) is 18.2 Å². The maximum absolute atomic E-state index is 12.3. The van der Waals surface area contributed by atoms with Gasteiger partial charge in [-0.15, -0.1) is 0 Å². The molecular weight excluding hydrogens is 300 g/mol. The van der Waals surface area contributed by atoms with Crippen molar-refractivity contribution in [1.29, 1.82) is 0 Å². The maximum Gasteiger partial charge on any atom is 0.243 e. The minimum atomic E-state index is -3.61. The van der Waals surface area contributed by atoms with E-state index in [0.717, 1.165) is 30.0 Å². The quantitative estimate of drug-likeness (QED) is 0.901. The van der Waals surface area contributed by atoms with Gasteiger partial charge in [0.25, 0.3) is 0 Å². The fourth-order valence-corrected chi connectivity index (χ4v) is 3.89. The Hall–Kier alpha value is -1.40. The van der Waals surface area contributed by atoms with Crippen LogP contribution in [0, 0.1) is 5.92 Å². The monoisotopic (exact) mass is 324 g/mol. The van der Waals surface area contributed by atoms with E-state index in [9.17, 15) is 13.2 Å². The predicted octanol–water partition coefficient (Wildman–Crippen LogP) is 2.00. The van der Waals surface area contributed by atoms with E-state index in [1.807, 2.05) is 0 Å². The van der Waals surface area contributed by atoms with Crippen LogP contribution in [-0.2, 0) is 14.8 Å². The summed E-state index contributed by atoms with van der Waals surface area (Å²) in [6.07, 6.45) is 4.18. The number of benzene rings is 1. The minimum Gasteiger partial charge on any atom is -0.352 e. The standard InChI is InChI=1S/C16H24N2O3S/c1-13-8-10-14(11-9-13)17-16(19)12-18(2)22(20,21)15-6-4-3-5-7-15/h3-7,13-14H,8-12H2,1-2H3,(H,17,19). The summed E-state index contributed by atoms with van der Waals surface area (Å²) in [6, 6.07) is 8.35. The van der Waals surface area contributed by atoms with E-state index in [1.165, 1.54) is 19.2 Å². The third-order valence-electron chi connectivity index (χ3n) is 4.20. The molecule has 2 rings (SSSR count). The molecule has 1 saturated carbocycles. The van der Waals surface area contributed by atoms with E-state index in [-0.39, 0.29) is 23.4 Å². The number of sulfonamides is 1. The fourth-order valence-electron chi connectivity index (χ4n) is 2.74. The third kappa shape index (κ3) is 4.30.